The van der Waals surface area contributed by atoms with Crippen molar-refractivity contribution in [3.63, 3.8) is 0 Å². The normalized spacial score (nSPS) is 12.2. The van der Waals surface area contributed by atoms with Gasteiger partial charge in [-0.15, -0.1) is 0 Å². The van der Waals surface area contributed by atoms with Crippen LogP contribution in [-0.2, 0) is 9.53 Å². The van der Waals surface area contributed by atoms with Gasteiger partial charge in [0, 0.05) is 19.9 Å². The summed E-state index contributed by atoms with van der Waals surface area (Å²) in [5.41, 5.74) is 6.39. The Hall–Kier alpha value is -1.46. The molecule has 1 aromatic rings. The molecule has 0 saturated carbocycles. The third kappa shape index (κ3) is 3.30. The van der Waals surface area contributed by atoms with Crippen LogP contribution >= 0.6 is 0 Å². The number of rotatable bonds is 4. The number of pyridine rings is 1. The van der Waals surface area contributed by atoms with Gasteiger partial charge in [-0.05, 0) is 24.6 Å². The molecule has 82 valence electrons. The van der Waals surface area contributed by atoms with Gasteiger partial charge < -0.3 is 15.8 Å². The lowest BCUT2D eigenvalue weighted by Crippen LogP contribution is -2.36. The number of nitrogens with two attached hydrogens (primary N) is 1. The maximum atomic E-state index is 11.5. The van der Waals surface area contributed by atoms with Crippen LogP contribution in [0.5, 0.6) is 0 Å². The number of amides is 1. The van der Waals surface area contributed by atoms with Crippen LogP contribution < -0.4 is 11.1 Å². The Kier molecular flexibility index (Phi) is 4.20. The van der Waals surface area contributed by atoms with Crippen LogP contribution in [0.4, 0.5) is 5.82 Å². The zero-order valence-corrected chi connectivity index (χ0v) is 8.86. The summed E-state index contributed by atoms with van der Waals surface area (Å²) >= 11 is 0. The van der Waals surface area contributed by atoms with Crippen molar-refractivity contribution < 1.29 is 9.53 Å². The van der Waals surface area contributed by atoms with Crippen LogP contribution in [0.1, 0.15) is 5.56 Å². The van der Waals surface area contributed by atoms with E-state index in [-0.39, 0.29) is 12.5 Å². The van der Waals surface area contributed by atoms with E-state index in [1.807, 2.05) is 13.0 Å². The number of ether oxygens (including phenoxy) is 1. The van der Waals surface area contributed by atoms with E-state index >= 15 is 0 Å². The minimum Gasteiger partial charge on any atom is -0.370 e. The number of hydrogen-bond acceptors (Lipinski definition) is 4. The second kappa shape index (κ2) is 5.43. The van der Waals surface area contributed by atoms with Crippen molar-refractivity contribution in [2.24, 2.45) is 5.73 Å². The van der Waals surface area contributed by atoms with Gasteiger partial charge in [-0.2, -0.15) is 0 Å². The zero-order valence-electron chi connectivity index (χ0n) is 8.86. The van der Waals surface area contributed by atoms with Gasteiger partial charge in [0.05, 0.1) is 0 Å². The van der Waals surface area contributed by atoms with Gasteiger partial charge >= 0.3 is 0 Å². The summed E-state index contributed by atoms with van der Waals surface area (Å²) in [5.74, 6) is 0.230. The molecule has 0 radical (unpaired) electrons. The predicted octanol–water partition coefficient (Wildman–Crippen LogP) is 0.302. The molecule has 0 saturated heterocycles. The van der Waals surface area contributed by atoms with Crippen molar-refractivity contribution in [3.05, 3.63) is 23.9 Å². The predicted molar refractivity (Wildman–Crippen MR) is 57.5 cm³/mol. The molecule has 0 aliphatic rings. The molecule has 1 rings (SSSR count). The first-order chi connectivity index (χ1) is 7.17. The highest BCUT2D eigenvalue weighted by atomic mass is 16.5. The highest BCUT2D eigenvalue weighted by Crippen LogP contribution is 2.05. The summed E-state index contributed by atoms with van der Waals surface area (Å²) in [6.45, 7) is 2.07. The molecule has 1 heterocycles. The molecule has 0 aromatic carbocycles. The number of nitrogens with zero attached hydrogens (tertiary/aromatic N) is 1. The van der Waals surface area contributed by atoms with Crippen LogP contribution in [0.2, 0.25) is 0 Å². The maximum Gasteiger partial charge on any atom is 0.255 e. The Balaban J connectivity index is 2.65. The SMILES string of the molecule is COC(CN)C(=O)Nc1cc(C)ccn1. The monoisotopic (exact) mass is 209 g/mol. The average Bonchev–Trinajstić information content (AvgIpc) is 2.19. The van der Waals surface area contributed by atoms with Crippen molar-refractivity contribution in [3.8, 4) is 0 Å². The Labute approximate surface area is 88.6 Å². The van der Waals surface area contributed by atoms with E-state index < -0.39 is 6.10 Å². The van der Waals surface area contributed by atoms with E-state index in [0.717, 1.165) is 5.56 Å². The largest absolute Gasteiger partial charge is 0.370 e. The van der Waals surface area contributed by atoms with E-state index in [9.17, 15) is 4.79 Å². The fourth-order valence-corrected chi connectivity index (χ4v) is 1.12. The molecule has 3 N–H and O–H groups in total. The molecular formula is C10H15N3O2. The summed E-state index contributed by atoms with van der Waals surface area (Å²) in [7, 11) is 1.45. The lowest BCUT2D eigenvalue weighted by atomic mass is 10.3. The quantitative estimate of drug-likeness (QED) is 0.747. The zero-order chi connectivity index (χ0) is 11.3. The van der Waals surface area contributed by atoms with Gasteiger partial charge in [-0.1, -0.05) is 0 Å². The number of hydrogen-bond donors (Lipinski definition) is 2. The fourth-order valence-electron chi connectivity index (χ4n) is 1.12. The topological polar surface area (TPSA) is 77.2 Å². The molecule has 1 atom stereocenters. The molecule has 0 aliphatic heterocycles. The van der Waals surface area contributed by atoms with Gasteiger partial charge in [0.2, 0.25) is 0 Å². The Morgan fingerprint density at radius 3 is 3.00 bits per heavy atom. The second-order valence-corrected chi connectivity index (χ2v) is 3.17. The molecule has 1 unspecified atom stereocenters. The lowest BCUT2D eigenvalue weighted by Gasteiger charge is -2.12. The highest BCUT2D eigenvalue weighted by molar-refractivity contribution is 5.93. The first-order valence-electron chi connectivity index (χ1n) is 4.63. The second-order valence-electron chi connectivity index (χ2n) is 3.17. The number of methoxy groups -OCH3 is 1. The van der Waals surface area contributed by atoms with Crippen LogP contribution in [0.25, 0.3) is 0 Å². The molecule has 0 spiro atoms. The Morgan fingerprint density at radius 2 is 2.47 bits per heavy atom. The molecule has 5 heteroatoms. The van der Waals surface area contributed by atoms with Crippen LogP contribution in [-0.4, -0.2) is 30.6 Å². The van der Waals surface area contributed by atoms with Gasteiger partial charge in [-0.25, -0.2) is 4.98 Å². The summed E-state index contributed by atoms with van der Waals surface area (Å²) in [4.78, 5) is 15.5. The minimum atomic E-state index is -0.632. The summed E-state index contributed by atoms with van der Waals surface area (Å²) in [6, 6.07) is 3.63. The van der Waals surface area contributed by atoms with Gasteiger partial charge in [0.25, 0.3) is 5.91 Å². The third-order valence-corrected chi connectivity index (χ3v) is 1.96. The first kappa shape index (κ1) is 11.6. The van der Waals surface area contributed by atoms with Crippen LogP contribution in [0.15, 0.2) is 18.3 Å². The van der Waals surface area contributed by atoms with Crippen LogP contribution in [0.3, 0.4) is 0 Å². The van der Waals surface area contributed by atoms with Crippen molar-refractivity contribution in [1.29, 1.82) is 0 Å². The Morgan fingerprint density at radius 1 is 1.73 bits per heavy atom. The van der Waals surface area contributed by atoms with E-state index in [0.29, 0.717) is 5.82 Å². The molecule has 1 aromatic heterocycles. The van der Waals surface area contributed by atoms with E-state index in [1.165, 1.54) is 7.11 Å². The highest BCUT2D eigenvalue weighted by Gasteiger charge is 2.15. The van der Waals surface area contributed by atoms with E-state index in [2.05, 4.69) is 10.3 Å². The van der Waals surface area contributed by atoms with Crippen molar-refractivity contribution in [2.75, 3.05) is 19.0 Å². The summed E-state index contributed by atoms with van der Waals surface area (Å²) in [6.07, 6.45) is 1.00. The van der Waals surface area contributed by atoms with Gasteiger partial charge in [-0.3, -0.25) is 4.79 Å². The van der Waals surface area contributed by atoms with Crippen molar-refractivity contribution >= 4 is 11.7 Å². The van der Waals surface area contributed by atoms with Crippen LogP contribution in [0, 0.1) is 6.92 Å². The fraction of sp³-hybridized carbons (Fsp3) is 0.400. The molecule has 15 heavy (non-hydrogen) atoms. The first-order valence-corrected chi connectivity index (χ1v) is 4.63. The molecule has 1 amide bonds. The number of anilines is 1. The van der Waals surface area contributed by atoms with Gasteiger partial charge in [0.1, 0.15) is 11.9 Å². The number of carbonyl (C=O) groups is 1. The van der Waals surface area contributed by atoms with E-state index in [1.54, 1.807) is 12.3 Å². The smallest absolute Gasteiger partial charge is 0.255 e. The van der Waals surface area contributed by atoms with E-state index in [4.69, 9.17) is 10.5 Å². The molecular weight excluding hydrogens is 194 g/mol. The molecule has 0 aliphatic carbocycles. The van der Waals surface area contributed by atoms with Crippen molar-refractivity contribution in [2.45, 2.75) is 13.0 Å². The Bertz CT molecular complexity index is 337. The number of nitrogens with one attached hydrogen (secondary N) is 1. The number of carbonyl (C=O) groups excluding carboxylic acids is 1. The maximum absolute atomic E-state index is 11.5. The number of aryl methyl sites for hydroxylation is 1. The van der Waals surface area contributed by atoms with Gasteiger partial charge in [0.15, 0.2) is 0 Å². The average molecular weight is 209 g/mol. The molecule has 5 nitrogen and oxygen atoms in total. The molecule has 0 bridgehead atoms. The lowest BCUT2D eigenvalue weighted by molar-refractivity contribution is -0.125. The molecule has 0 fully saturated rings. The summed E-state index contributed by atoms with van der Waals surface area (Å²) in [5, 5.41) is 2.63. The van der Waals surface area contributed by atoms with Crippen molar-refractivity contribution in [1.82, 2.24) is 4.98 Å². The minimum absolute atomic E-state index is 0.147. The third-order valence-electron chi connectivity index (χ3n) is 1.96. The standard InChI is InChI=1S/C10H15N3O2/c1-7-3-4-12-9(5-7)13-10(14)8(6-11)15-2/h3-5,8H,6,11H2,1-2H3,(H,12,13,14). The number of aromatic nitrogens is 1. The summed E-state index contributed by atoms with van der Waals surface area (Å²) < 4.78 is 4.90.